The molecule has 0 spiro atoms. The van der Waals surface area contributed by atoms with Crippen LogP contribution in [-0.2, 0) is 22.4 Å². The maximum Gasteiger partial charge on any atom is 0 e. The molecule has 0 N–H and O–H groups in total. The molecular formula is H3AuBr3. The van der Waals surface area contributed by atoms with Crippen molar-refractivity contribution >= 4 is 50.9 Å². The summed E-state index contributed by atoms with van der Waals surface area (Å²) in [6.07, 6.45) is 0. The van der Waals surface area contributed by atoms with E-state index >= 15 is 0 Å². The first-order valence-corrected chi connectivity index (χ1v) is 0. The third-order valence-corrected chi connectivity index (χ3v) is 0. The summed E-state index contributed by atoms with van der Waals surface area (Å²) < 4.78 is 0. The van der Waals surface area contributed by atoms with Gasteiger partial charge in [-0.1, -0.05) is 0 Å². The Balaban J connectivity index is 0. The number of hydrogen-bond donors (Lipinski definition) is 0. The van der Waals surface area contributed by atoms with Crippen LogP contribution in [0.1, 0.15) is 0 Å². The molecule has 0 atom stereocenters. The average molecular weight is 440 g/mol. The van der Waals surface area contributed by atoms with Crippen LogP contribution in [0.25, 0.3) is 0 Å². The van der Waals surface area contributed by atoms with Gasteiger partial charge < -0.3 is 0 Å². The minimum absolute atomic E-state index is 0. The van der Waals surface area contributed by atoms with Crippen LogP contribution in [0, 0.1) is 0 Å². The van der Waals surface area contributed by atoms with E-state index in [-0.39, 0.29) is 73.3 Å². The molecule has 0 aliphatic rings. The van der Waals surface area contributed by atoms with Crippen molar-refractivity contribution in [1.29, 1.82) is 0 Å². The van der Waals surface area contributed by atoms with Crippen LogP contribution < -0.4 is 0 Å². The van der Waals surface area contributed by atoms with Crippen LogP contribution in [0.3, 0.4) is 0 Å². The molecule has 1 radical (unpaired) electrons. The van der Waals surface area contributed by atoms with E-state index in [1.54, 1.807) is 0 Å². The topological polar surface area (TPSA) is 0 Å². The Morgan fingerprint density at radius 3 is 0.500 bits per heavy atom. The van der Waals surface area contributed by atoms with E-state index in [9.17, 15) is 0 Å². The van der Waals surface area contributed by atoms with Crippen molar-refractivity contribution in [2.75, 3.05) is 0 Å². The summed E-state index contributed by atoms with van der Waals surface area (Å²) in [6, 6.07) is 0. The standard InChI is InChI=1S/Au.3BrH/h;3*1H. The molecule has 0 saturated heterocycles. The van der Waals surface area contributed by atoms with Crippen LogP contribution in [-0.4, -0.2) is 0 Å². The van der Waals surface area contributed by atoms with Crippen molar-refractivity contribution in [3.8, 4) is 0 Å². The predicted molar refractivity (Wildman–Crippen MR) is 31.0 cm³/mol. The summed E-state index contributed by atoms with van der Waals surface area (Å²) in [5, 5.41) is 0. The van der Waals surface area contributed by atoms with Gasteiger partial charge in [-0.05, 0) is 0 Å². The summed E-state index contributed by atoms with van der Waals surface area (Å²) >= 11 is 0. The average Bonchev–Trinajstić information content (AvgIpc) is 0. The van der Waals surface area contributed by atoms with Gasteiger partial charge in [-0.15, -0.1) is 50.9 Å². The van der Waals surface area contributed by atoms with Crippen LogP contribution in [0.4, 0.5) is 0 Å². The van der Waals surface area contributed by atoms with E-state index in [2.05, 4.69) is 0 Å². The maximum absolute atomic E-state index is 0. The molecule has 0 bridgehead atoms. The van der Waals surface area contributed by atoms with Crippen molar-refractivity contribution in [3.63, 3.8) is 0 Å². The Bertz CT molecular complexity index is 3.25. The number of hydrogen-bond acceptors (Lipinski definition) is 0. The fraction of sp³-hybridized carbons (Fsp3) is 0. The summed E-state index contributed by atoms with van der Waals surface area (Å²) in [6.45, 7) is 0. The molecule has 0 aliphatic heterocycles. The van der Waals surface area contributed by atoms with Crippen molar-refractivity contribution in [2.24, 2.45) is 0 Å². The molecule has 35 valence electrons. The molecular weight excluding hydrogens is 437 g/mol. The molecule has 4 heavy (non-hydrogen) atoms. The van der Waals surface area contributed by atoms with Crippen LogP contribution in [0.5, 0.6) is 0 Å². The Morgan fingerprint density at radius 2 is 0.500 bits per heavy atom. The summed E-state index contributed by atoms with van der Waals surface area (Å²) in [7, 11) is 0. The maximum atomic E-state index is 0. The van der Waals surface area contributed by atoms with E-state index in [0.717, 1.165) is 0 Å². The summed E-state index contributed by atoms with van der Waals surface area (Å²) in [5.41, 5.74) is 0. The molecule has 0 unspecified atom stereocenters. The van der Waals surface area contributed by atoms with Crippen LogP contribution in [0.2, 0.25) is 0 Å². The van der Waals surface area contributed by atoms with Gasteiger partial charge in [0, 0.05) is 22.4 Å². The molecule has 4 heteroatoms. The van der Waals surface area contributed by atoms with Crippen molar-refractivity contribution < 1.29 is 22.4 Å². The molecule has 0 nitrogen and oxygen atoms in total. The van der Waals surface area contributed by atoms with Gasteiger partial charge in [0.15, 0.2) is 0 Å². The fourth-order valence-electron chi connectivity index (χ4n) is 0. The second-order valence-corrected chi connectivity index (χ2v) is 0. The molecule has 0 saturated carbocycles. The van der Waals surface area contributed by atoms with E-state index in [0.29, 0.717) is 0 Å². The van der Waals surface area contributed by atoms with Gasteiger partial charge in [-0.3, -0.25) is 0 Å². The van der Waals surface area contributed by atoms with Gasteiger partial charge in [0.1, 0.15) is 0 Å². The first kappa shape index (κ1) is 34.9. The quantitative estimate of drug-likeness (QED) is 0.505. The Labute approximate surface area is 72.5 Å². The van der Waals surface area contributed by atoms with E-state index in [4.69, 9.17) is 0 Å². The predicted octanol–water partition coefficient (Wildman–Crippen LogP) is 1.73. The van der Waals surface area contributed by atoms with Gasteiger partial charge in [0.05, 0.1) is 0 Å². The molecule has 0 heterocycles. The minimum atomic E-state index is 0. The smallest absolute Gasteiger partial charge is 0 e. The first-order valence-electron chi connectivity index (χ1n) is 0. The third-order valence-electron chi connectivity index (χ3n) is 0. The molecule has 0 amide bonds. The summed E-state index contributed by atoms with van der Waals surface area (Å²) in [4.78, 5) is 0. The fourth-order valence-corrected chi connectivity index (χ4v) is 0. The van der Waals surface area contributed by atoms with Gasteiger partial charge >= 0.3 is 0 Å². The zero-order chi connectivity index (χ0) is 0. The third kappa shape index (κ3) is 8.89. The molecule has 0 fully saturated rings. The van der Waals surface area contributed by atoms with Crippen molar-refractivity contribution in [2.45, 2.75) is 0 Å². The second-order valence-electron chi connectivity index (χ2n) is 0. The molecule has 0 rings (SSSR count). The second kappa shape index (κ2) is 19.0. The monoisotopic (exact) mass is 437 g/mol. The van der Waals surface area contributed by atoms with Crippen LogP contribution in [0.15, 0.2) is 0 Å². The molecule has 0 aromatic carbocycles. The van der Waals surface area contributed by atoms with Gasteiger partial charge in [0.2, 0.25) is 0 Å². The van der Waals surface area contributed by atoms with Crippen molar-refractivity contribution in [3.05, 3.63) is 0 Å². The van der Waals surface area contributed by atoms with Crippen LogP contribution >= 0.6 is 50.9 Å². The molecule has 0 aromatic heterocycles. The van der Waals surface area contributed by atoms with E-state index in [1.165, 1.54) is 0 Å². The zero-order valence-electron chi connectivity index (χ0n) is 1.53. The first-order chi connectivity index (χ1) is 0. The minimum Gasteiger partial charge on any atom is -0.114 e. The SMILES string of the molecule is Br.Br.Br.[Au]. The Morgan fingerprint density at radius 1 is 0.500 bits per heavy atom. The molecule has 0 aromatic rings. The van der Waals surface area contributed by atoms with E-state index in [1.807, 2.05) is 0 Å². The largest absolute Gasteiger partial charge is 0.114 e. The number of rotatable bonds is 0. The van der Waals surface area contributed by atoms with Gasteiger partial charge in [0.25, 0.3) is 0 Å². The Hall–Kier alpha value is 2.18. The number of halogens is 3. The van der Waals surface area contributed by atoms with Gasteiger partial charge in [-0.25, -0.2) is 0 Å². The van der Waals surface area contributed by atoms with Gasteiger partial charge in [-0.2, -0.15) is 0 Å². The normalized spacial score (nSPS) is 0. The zero-order valence-corrected chi connectivity index (χ0v) is 8.83. The van der Waals surface area contributed by atoms with Crippen molar-refractivity contribution in [1.82, 2.24) is 0 Å². The molecule has 0 aliphatic carbocycles. The Kier molecular flexibility index (Phi) is 166. The summed E-state index contributed by atoms with van der Waals surface area (Å²) in [5.74, 6) is 0. The van der Waals surface area contributed by atoms with E-state index < -0.39 is 0 Å².